The fourth-order valence-electron chi connectivity index (χ4n) is 4.85. The molecule has 15 heteroatoms. The highest BCUT2D eigenvalue weighted by Gasteiger charge is 2.33. The normalized spacial score (nSPS) is 13.9. The topological polar surface area (TPSA) is 172 Å². The molecule has 0 fully saturated rings. The van der Waals surface area contributed by atoms with Crippen LogP contribution in [0.4, 0.5) is 4.79 Å². The van der Waals surface area contributed by atoms with Gasteiger partial charge >= 0.3 is 11.7 Å². The predicted molar refractivity (Wildman–Crippen MR) is 200 cm³/mol. The molecule has 2 aromatic carbocycles. The summed E-state index contributed by atoms with van der Waals surface area (Å²) in [5.41, 5.74) is 1.14. The molecule has 0 aliphatic rings. The van der Waals surface area contributed by atoms with E-state index >= 15 is 0 Å². The minimum Gasteiger partial charge on any atom is -0.496 e. The molecule has 0 aliphatic heterocycles. The number of aldehydes is 1. The second-order valence-electron chi connectivity index (χ2n) is 12.0. The summed E-state index contributed by atoms with van der Waals surface area (Å²) < 4.78 is 33.4. The first kappa shape index (κ1) is 45.1. The Hall–Kier alpha value is -3.94. The molecular weight excluding hydrogens is 679 g/mol. The van der Waals surface area contributed by atoms with Crippen LogP contribution >= 0.6 is 9.47 Å². The number of imidazole rings is 1. The summed E-state index contributed by atoms with van der Waals surface area (Å²) in [5, 5.41) is 16.4. The lowest BCUT2D eigenvalue weighted by Crippen LogP contribution is -2.55. The molecule has 3 aromatic rings. The van der Waals surface area contributed by atoms with E-state index in [4.69, 9.17) is 28.2 Å². The molecule has 14 nitrogen and oxygen atoms in total. The number of carbonyl (C=O) groups is 2. The number of aromatic nitrogens is 2. The molecular formula is C36H57N4O10P. The van der Waals surface area contributed by atoms with Crippen LogP contribution in [0.5, 0.6) is 17.2 Å². The molecule has 0 aliphatic carbocycles. The van der Waals surface area contributed by atoms with Gasteiger partial charge in [-0.3, -0.25) is 9.36 Å². The quantitative estimate of drug-likeness (QED) is 0.0949. The molecule has 1 aromatic heterocycles. The zero-order chi connectivity index (χ0) is 39.2. The first-order valence-electron chi connectivity index (χ1n) is 16.4. The number of hydrogen-bond donors (Lipinski definition) is 4. The highest BCUT2D eigenvalue weighted by molar-refractivity contribution is 7.09. The Morgan fingerprint density at radius 3 is 1.96 bits per heavy atom. The molecule has 3 rings (SSSR count). The number of nitrogens with zero attached hydrogens (tertiary/aromatic N) is 1. The maximum absolute atomic E-state index is 12.3. The molecule has 0 spiro atoms. The standard InChI is InChI=1S/C18H29N2O6P.C16H22N2O4.C2H6/c1-12(18(3,24-5)25-6)20-16(22)19-11-17(2,26-27)14-8-7-13(10-21)15(9-14)23-4;1-10-11(2)18(15(19)17-10)9-16(3,20)12-6-7-13(21-4)14(8-12)22-5;1-2/h7-10,12H,11,27H2,1-6H3,(H2,19,20,22);6-8,20H,9H2,1-5H3,(H,17,19);1-2H3. The maximum atomic E-state index is 12.3. The molecule has 4 atom stereocenters. The van der Waals surface area contributed by atoms with Crippen LogP contribution in [-0.2, 0) is 31.7 Å². The number of hydrogen-bond acceptors (Lipinski definition) is 10. The van der Waals surface area contributed by atoms with Crippen LogP contribution in [0.15, 0.2) is 41.2 Å². The number of aliphatic hydroxyl groups is 1. The monoisotopic (exact) mass is 736 g/mol. The largest absolute Gasteiger partial charge is 0.496 e. The van der Waals surface area contributed by atoms with Gasteiger partial charge in [0.25, 0.3) is 0 Å². The van der Waals surface area contributed by atoms with Crippen molar-refractivity contribution in [3.05, 3.63) is 75.0 Å². The van der Waals surface area contributed by atoms with Crippen LogP contribution in [0.1, 0.15) is 74.4 Å². The van der Waals surface area contributed by atoms with E-state index in [2.05, 4.69) is 25.1 Å². The number of rotatable bonds is 15. The average molecular weight is 737 g/mol. The lowest BCUT2D eigenvalue weighted by molar-refractivity contribution is -0.207. The van der Waals surface area contributed by atoms with Crippen LogP contribution in [0.2, 0.25) is 0 Å². The molecule has 0 bridgehead atoms. The number of aromatic amines is 1. The lowest BCUT2D eigenvalue weighted by Gasteiger charge is -2.34. The smallest absolute Gasteiger partial charge is 0.326 e. The Morgan fingerprint density at radius 1 is 0.941 bits per heavy atom. The zero-order valence-corrected chi connectivity index (χ0v) is 33.3. The highest BCUT2D eigenvalue weighted by Crippen LogP contribution is 2.33. The summed E-state index contributed by atoms with van der Waals surface area (Å²) in [6.07, 6.45) is 0.719. The van der Waals surface area contributed by atoms with E-state index in [1.165, 1.54) is 25.9 Å². The van der Waals surface area contributed by atoms with Crippen molar-refractivity contribution in [3.8, 4) is 17.2 Å². The third-order valence-electron chi connectivity index (χ3n) is 8.72. The van der Waals surface area contributed by atoms with Crippen molar-refractivity contribution in [1.29, 1.82) is 0 Å². The van der Waals surface area contributed by atoms with Crippen molar-refractivity contribution in [3.63, 3.8) is 0 Å². The van der Waals surface area contributed by atoms with Gasteiger partial charge in [0.1, 0.15) is 17.0 Å². The van der Waals surface area contributed by atoms with Gasteiger partial charge in [0.05, 0.1) is 46.0 Å². The molecule has 0 saturated heterocycles. The second-order valence-corrected chi connectivity index (χ2v) is 12.2. The fourth-order valence-corrected chi connectivity index (χ4v) is 5.07. The Kier molecular flexibility index (Phi) is 17.8. The Bertz CT molecular complexity index is 1620. The van der Waals surface area contributed by atoms with Crippen LogP contribution in [-0.4, -0.2) is 80.9 Å². The first-order chi connectivity index (χ1) is 24.0. The van der Waals surface area contributed by atoms with Gasteiger partial charge in [0.15, 0.2) is 23.6 Å². The number of benzene rings is 2. The van der Waals surface area contributed by atoms with Crippen LogP contribution < -0.4 is 30.5 Å². The van der Waals surface area contributed by atoms with Crippen molar-refractivity contribution in [2.75, 3.05) is 42.1 Å². The lowest BCUT2D eigenvalue weighted by atomic mass is 9.94. The van der Waals surface area contributed by atoms with Crippen molar-refractivity contribution in [2.24, 2.45) is 0 Å². The number of carbonyl (C=O) groups excluding carboxylic acids is 2. The molecule has 4 unspecified atom stereocenters. The first-order valence-corrected chi connectivity index (χ1v) is 16.8. The van der Waals surface area contributed by atoms with E-state index in [1.807, 2.05) is 34.6 Å². The van der Waals surface area contributed by atoms with E-state index < -0.39 is 29.1 Å². The Balaban J connectivity index is 0.000000494. The van der Waals surface area contributed by atoms with Crippen molar-refractivity contribution in [1.82, 2.24) is 20.2 Å². The molecule has 1 heterocycles. The summed E-state index contributed by atoms with van der Waals surface area (Å²) in [5.74, 6) is 0.614. The summed E-state index contributed by atoms with van der Waals surface area (Å²) in [6, 6.07) is 9.54. The number of amides is 2. The number of methoxy groups -OCH3 is 5. The van der Waals surface area contributed by atoms with E-state index in [9.17, 15) is 19.5 Å². The van der Waals surface area contributed by atoms with E-state index in [1.54, 1.807) is 71.4 Å². The van der Waals surface area contributed by atoms with E-state index in [0.29, 0.717) is 28.4 Å². The summed E-state index contributed by atoms with van der Waals surface area (Å²) >= 11 is 0. The number of H-pyrrole nitrogens is 1. The van der Waals surface area contributed by atoms with Gasteiger partial charge in [-0.25, -0.2) is 9.59 Å². The van der Waals surface area contributed by atoms with Gasteiger partial charge in [0, 0.05) is 35.1 Å². The molecule has 0 saturated carbocycles. The maximum Gasteiger partial charge on any atom is 0.326 e. The predicted octanol–water partition coefficient (Wildman–Crippen LogP) is 4.97. The van der Waals surface area contributed by atoms with E-state index in [-0.39, 0.29) is 18.8 Å². The van der Waals surface area contributed by atoms with Crippen LogP contribution in [0.3, 0.4) is 0 Å². The van der Waals surface area contributed by atoms with Crippen molar-refractivity contribution >= 4 is 21.8 Å². The molecule has 51 heavy (non-hydrogen) atoms. The number of ether oxygens (including phenoxy) is 5. The van der Waals surface area contributed by atoms with Gasteiger partial charge < -0.3 is 48.9 Å². The number of aryl methyl sites for hydroxylation is 1. The summed E-state index contributed by atoms with van der Waals surface area (Å²) in [7, 11) is 9.81. The minimum atomic E-state index is -1.22. The third-order valence-corrected chi connectivity index (χ3v) is 9.24. The minimum absolute atomic E-state index is 0.150. The summed E-state index contributed by atoms with van der Waals surface area (Å²) in [4.78, 5) is 38.0. The summed E-state index contributed by atoms with van der Waals surface area (Å²) in [6.45, 7) is 15.0. The third kappa shape index (κ3) is 11.5. The zero-order valence-electron chi connectivity index (χ0n) is 32.2. The fraction of sp³-hybridized carbons (Fsp3) is 0.528. The van der Waals surface area contributed by atoms with Gasteiger partial charge in [-0.05, 0) is 76.9 Å². The number of nitrogens with one attached hydrogen (secondary N) is 3. The average Bonchev–Trinajstić information content (AvgIpc) is 3.38. The van der Waals surface area contributed by atoms with Crippen molar-refractivity contribution < 1.29 is 42.9 Å². The van der Waals surface area contributed by atoms with Gasteiger partial charge in [-0.2, -0.15) is 0 Å². The molecule has 2 amide bonds. The molecule has 286 valence electrons. The van der Waals surface area contributed by atoms with Gasteiger partial charge in [-0.15, -0.1) is 0 Å². The molecule has 4 N–H and O–H groups in total. The van der Waals surface area contributed by atoms with E-state index in [0.717, 1.165) is 23.2 Å². The Labute approximate surface area is 303 Å². The highest BCUT2D eigenvalue weighted by atomic mass is 31.0. The van der Waals surface area contributed by atoms with Crippen LogP contribution in [0, 0.1) is 13.8 Å². The number of urea groups is 1. The molecule has 0 radical (unpaired) electrons. The van der Waals surface area contributed by atoms with Gasteiger partial charge in [-0.1, -0.05) is 26.0 Å². The van der Waals surface area contributed by atoms with Gasteiger partial charge in [0.2, 0.25) is 0 Å². The second kappa shape index (κ2) is 20.2. The van der Waals surface area contributed by atoms with Crippen molar-refractivity contribution in [2.45, 2.75) is 85.0 Å². The SMILES string of the molecule is CC.COc1cc(C(C)(CNC(=O)NC(C)C(C)(OC)OC)OP)ccc1C=O.COc1ccc(C(C)(O)Cn2c(C)c(C)[nH]c2=O)cc1OC. The van der Waals surface area contributed by atoms with Crippen LogP contribution in [0.25, 0.3) is 0 Å². The Morgan fingerprint density at radius 2 is 1.49 bits per heavy atom.